The molecule has 1 aliphatic carbocycles. The summed E-state index contributed by atoms with van der Waals surface area (Å²) in [4.78, 5) is 11.5. The van der Waals surface area contributed by atoms with E-state index in [0.29, 0.717) is 0 Å². The Morgan fingerprint density at radius 2 is 1.85 bits per heavy atom. The molecule has 0 atom stereocenters. The minimum Gasteiger partial charge on any atom is -0.322 e. The van der Waals surface area contributed by atoms with Crippen molar-refractivity contribution >= 4 is 23.7 Å². The summed E-state index contributed by atoms with van der Waals surface area (Å²) in [6, 6.07) is 14.3. The number of fused-ring (bicyclic) bond motifs is 2. The van der Waals surface area contributed by atoms with Crippen LogP contribution in [0.1, 0.15) is 22.3 Å². The standard InChI is InChI=1S/C18H15NO/c1-2-18(20)19-17-9-5-8-15-12-14-7-4-3-6-13(14)10-11-16(15)17/h2-11H,1,12H2,(H,19,20). The molecule has 0 saturated carbocycles. The molecule has 0 radical (unpaired) electrons. The third-order valence-corrected chi connectivity index (χ3v) is 3.51. The molecule has 0 heterocycles. The highest BCUT2D eigenvalue weighted by atomic mass is 16.1. The van der Waals surface area contributed by atoms with E-state index in [4.69, 9.17) is 0 Å². The van der Waals surface area contributed by atoms with Crippen molar-refractivity contribution in [1.82, 2.24) is 0 Å². The van der Waals surface area contributed by atoms with Crippen LogP contribution in [0.5, 0.6) is 0 Å². The second-order valence-corrected chi connectivity index (χ2v) is 4.78. The molecule has 0 saturated heterocycles. The van der Waals surface area contributed by atoms with E-state index < -0.39 is 0 Å². The zero-order valence-electron chi connectivity index (χ0n) is 11.1. The van der Waals surface area contributed by atoms with Crippen LogP contribution in [0.15, 0.2) is 55.1 Å². The molecule has 2 heteroatoms. The van der Waals surface area contributed by atoms with Gasteiger partial charge < -0.3 is 5.32 Å². The highest BCUT2D eigenvalue weighted by Crippen LogP contribution is 2.29. The van der Waals surface area contributed by atoms with Gasteiger partial charge in [0, 0.05) is 11.3 Å². The third-order valence-electron chi connectivity index (χ3n) is 3.51. The molecule has 0 aromatic heterocycles. The number of benzene rings is 2. The minimum absolute atomic E-state index is 0.187. The van der Waals surface area contributed by atoms with Crippen LogP contribution in [0.2, 0.25) is 0 Å². The Labute approximate surface area is 118 Å². The van der Waals surface area contributed by atoms with Gasteiger partial charge >= 0.3 is 0 Å². The Morgan fingerprint density at radius 1 is 1.05 bits per heavy atom. The van der Waals surface area contributed by atoms with Gasteiger partial charge in [-0.15, -0.1) is 0 Å². The maximum absolute atomic E-state index is 11.5. The summed E-state index contributed by atoms with van der Waals surface area (Å²) in [5.74, 6) is -0.187. The first-order valence-corrected chi connectivity index (χ1v) is 6.59. The van der Waals surface area contributed by atoms with Gasteiger partial charge in [0.15, 0.2) is 0 Å². The summed E-state index contributed by atoms with van der Waals surface area (Å²) < 4.78 is 0. The highest BCUT2D eigenvalue weighted by molar-refractivity contribution is 6.01. The maximum atomic E-state index is 11.5. The van der Waals surface area contributed by atoms with E-state index in [1.165, 1.54) is 22.8 Å². The van der Waals surface area contributed by atoms with Crippen LogP contribution < -0.4 is 5.32 Å². The van der Waals surface area contributed by atoms with Crippen molar-refractivity contribution in [2.75, 3.05) is 5.32 Å². The molecule has 98 valence electrons. The smallest absolute Gasteiger partial charge is 0.247 e. The van der Waals surface area contributed by atoms with Crippen molar-refractivity contribution < 1.29 is 4.79 Å². The number of hydrogen-bond donors (Lipinski definition) is 1. The number of rotatable bonds is 2. The Balaban J connectivity index is 2.07. The van der Waals surface area contributed by atoms with Gasteiger partial charge in [0.1, 0.15) is 0 Å². The van der Waals surface area contributed by atoms with Gasteiger partial charge in [-0.05, 0) is 35.3 Å². The lowest BCUT2D eigenvalue weighted by Gasteiger charge is -2.11. The van der Waals surface area contributed by atoms with E-state index in [0.717, 1.165) is 17.7 Å². The van der Waals surface area contributed by atoms with Crippen LogP contribution in [-0.2, 0) is 11.2 Å². The average molecular weight is 261 g/mol. The summed E-state index contributed by atoms with van der Waals surface area (Å²) in [5, 5.41) is 2.87. The number of carbonyl (C=O) groups excluding carboxylic acids is 1. The van der Waals surface area contributed by atoms with Crippen molar-refractivity contribution in [1.29, 1.82) is 0 Å². The van der Waals surface area contributed by atoms with Crippen LogP contribution in [0.25, 0.3) is 12.2 Å². The lowest BCUT2D eigenvalue weighted by molar-refractivity contribution is -0.111. The number of nitrogens with one attached hydrogen (secondary N) is 1. The molecule has 1 amide bonds. The van der Waals surface area contributed by atoms with Gasteiger partial charge in [0.25, 0.3) is 0 Å². The van der Waals surface area contributed by atoms with Crippen LogP contribution in [0, 0.1) is 0 Å². The van der Waals surface area contributed by atoms with Crippen molar-refractivity contribution in [2.45, 2.75) is 6.42 Å². The molecule has 2 nitrogen and oxygen atoms in total. The van der Waals surface area contributed by atoms with Gasteiger partial charge in [-0.3, -0.25) is 4.79 Å². The van der Waals surface area contributed by atoms with Crippen molar-refractivity contribution in [3.8, 4) is 0 Å². The summed E-state index contributed by atoms with van der Waals surface area (Å²) in [6.45, 7) is 3.49. The minimum atomic E-state index is -0.187. The number of amides is 1. The Bertz CT molecular complexity index is 713. The molecule has 2 aromatic carbocycles. The fourth-order valence-corrected chi connectivity index (χ4v) is 2.49. The Morgan fingerprint density at radius 3 is 2.70 bits per heavy atom. The predicted molar refractivity (Wildman–Crippen MR) is 83.4 cm³/mol. The van der Waals surface area contributed by atoms with Crippen molar-refractivity contribution in [2.24, 2.45) is 0 Å². The monoisotopic (exact) mass is 261 g/mol. The first-order valence-electron chi connectivity index (χ1n) is 6.59. The van der Waals surface area contributed by atoms with Crippen LogP contribution in [-0.4, -0.2) is 5.91 Å². The Kier molecular flexibility index (Phi) is 3.21. The summed E-state index contributed by atoms with van der Waals surface area (Å²) in [6.07, 6.45) is 6.33. The normalized spacial score (nSPS) is 12.0. The second kappa shape index (κ2) is 5.17. The first kappa shape index (κ1) is 12.4. The SMILES string of the molecule is C=CC(=O)Nc1cccc2c1C=Cc1ccccc1C2. The Hall–Kier alpha value is -2.61. The molecule has 3 rings (SSSR count). The summed E-state index contributed by atoms with van der Waals surface area (Å²) >= 11 is 0. The van der Waals surface area contributed by atoms with E-state index >= 15 is 0 Å². The second-order valence-electron chi connectivity index (χ2n) is 4.78. The predicted octanol–water partition coefficient (Wildman–Crippen LogP) is 3.89. The zero-order chi connectivity index (χ0) is 13.9. The lowest BCUT2D eigenvalue weighted by Crippen LogP contribution is -2.09. The van der Waals surface area contributed by atoms with E-state index in [9.17, 15) is 4.79 Å². The molecule has 1 N–H and O–H groups in total. The topological polar surface area (TPSA) is 29.1 Å². The van der Waals surface area contributed by atoms with Gasteiger partial charge in [0.2, 0.25) is 5.91 Å². The highest BCUT2D eigenvalue weighted by Gasteiger charge is 2.12. The lowest BCUT2D eigenvalue weighted by atomic mass is 9.99. The van der Waals surface area contributed by atoms with E-state index in [1.54, 1.807) is 0 Å². The molecule has 0 bridgehead atoms. The summed E-state index contributed by atoms with van der Waals surface area (Å²) in [7, 11) is 0. The van der Waals surface area contributed by atoms with E-state index in [2.05, 4.69) is 48.3 Å². The van der Waals surface area contributed by atoms with Gasteiger partial charge in [-0.25, -0.2) is 0 Å². The van der Waals surface area contributed by atoms with Crippen molar-refractivity contribution in [3.63, 3.8) is 0 Å². The molecule has 0 fully saturated rings. The third kappa shape index (κ3) is 2.28. The quantitative estimate of drug-likeness (QED) is 0.697. The van der Waals surface area contributed by atoms with Crippen molar-refractivity contribution in [3.05, 3.63) is 77.4 Å². The average Bonchev–Trinajstić information content (AvgIpc) is 2.66. The van der Waals surface area contributed by atoms with Crippen LogP contribution in [0.3, 0.4) is 0 Å². The number of carbonyl (C=O) groups is 1. The first-order chi connectivity index (χ1) is 9.78. The van der Waals surface area contributed by atoms with Gasteiger partial charge in [-0.1, -0.05) is 55.1 Å². The molecular weight excluding hydrogens is 246 g/mol. The fourth-order valence-electron chi connectivity index (χ4n) is 2.49. The number of anilines is 1. The molecule has 0 spiro atoms. The van der Waals surface area contributed by atoms with Gasteiger partial charge in [0.05, 0.1) is 0 Å². The number of hydrogen-bond acceptors (Lipinski definition) is 1. The zero-order valence-corrected chi connectivity index (χ0v) is 11.1. The fraction of sp³-hybridized carbons (Fsp3) is 0.0556. The molecular formula is C18H15NO. The van der Waals surface area contributed by atoms with E-state index in [-0.39, 0.29) is 5.91 Å². The molecule has 2 aromatic rings. The molecule has 20 heavy (non-hydrogen) atoms. The van der Waals surface area contributed by atoms with E-state index in [1.807, 2.05) is 18.2 Å². The van der Waals surface area contributed by atoms with Crippen LogP contribution >= 0.6 is 0 Å². The maximum Gasteiger partial charge on any atom is 0.247 e. The largest absolute Gasteiger partial charge is 0.322 e. The molecule has 0 aliphatic heterocycles. The van der Waals surface area contributed by atoms with Gasteiger partial charge in [-0.2, -0.15) is 0 Å². The summed E-state index contributed by atoms with van der Waals surface area (Å²) in [5.41, 5.74) is 5.64. The molecule has 1 aliphatic rings. The van der Waals surface area contributed by atoms with Crippen LogP contribution in [0.4, 0.5) is 5.69 Å². The molecule has 0 unspecified atom stereocenters.